The lowest BCUT2D eigenvalue weighted by molar-refractivity contribution is 0.334. The molecule has 0 fully saturated rings. The van der Waals surface area contributed by atoms with Gasteiger partial charge in [-0.25, -0.2) is 4.39 Å². The lowest BCUT2D eigenvalue weighted by Gasteiger charge is -2.17. The number of rotatable bonds is 5. The predicted octanol–water partition coefficient (Wildman–Crippen LogP) is 4.12. The molecule has 2 aromatic carbocycles. The first-order valence-corrected chi connectivity index (χ1v) is 6.91. The van der Waals surface area contributed by atoms with E-state index in [0.29, 0.717) is 23.6 Å². The zero-order chi connectivity index (χ0) is 14.5. The minimum Gasteiger partial charge on any atom is -0.494 e. The second kappa shape index (κ2) is 6.73. The van der Waals surface area contributed by atoms with Crippen molar-refractivity contribution in [1.82, 2.24) is 0 Å². The van der Waals surface area contributed by atoms with Crippen LogP contribution >= 0.6 is 11.6 Å². The molecule has 1 atom stereocenters. The number of hydrogen-bond acceptors (Lipinski definition) is 2. The van der Waals surface area contributed by atoms with E-state index in [1.54, 1.807) is 6.07 Å². The molecule has 2 N–H and O–H groups in total. The van der Waals surface area contributed by atoms with Crippen molar-refractivity contribution in [3.8, 4) is 5.75 Å². The second-order valence-corrected chi connectivity index (χ2v) is 4.95. The van der Waals surface area contributed by atoms with E-state index >= 15 is 0 Å². The van der Waals surface area contributed by atoms with Crippen LogP contribution in [0.1, 0.15) is 24.1 Å². The van der Waals surface area contributed by atoms with Gasteiger partial charge in [0.05, 0.1) is 6.61 Å². The molecule has 0 aromatic heterocycles. The molecule has 0 aliphatic rings. The Morgan fingerprint density at radius 3 is 2.75 bits per heavy atom. The van der Waals surface area contributed by atoms with Crippen molar-refractivity contribution in [2.24, 2.45) is 5.73 Å². The lowest BCUT2D eigenvalue weighted by atomic mass is 9.98. The van der Waals surface area contributed by atoms with E-state index in [2.05, 4.69) is 0 Å². The third-order valence-electron chi connectivity index (χ3n) is 3.07. The molecule has 0 amide bonds. The van der Waals surface area contributed by atoms with Crippen LogP contribution in [0.2, 0.25) is 5.02 Å². The summed E-state index contributed by atoms with van der Waals surface area (Å²) < 4.78 is 19.3. The molecule has 0 aliphatic carbocycles. The average Bonchev–Trinajstić information content (AvgIpc) is 2.44. The molecule has 0 aliphatic heterocycles. The van der Waals surface area contributed by atoms with Crippen LogP contribution in [0, 0.1) is 5.82 Å². The van der Waals surface area contributed by atoms with Crippen LogP contribution in [0.15, 0.2) is 42.5 Å². The fourth-order valence-corrected chi connectivity index (χ4v) is 2.32. The van der Waals surface area contributed by atoms with E-state index in [1.807, 2.05) is 31.2 Å². The first-order valence-electron chi connectivity index (χ1n) is 6.53. The van der Waals surface area contributed by atoms with E-state index < -0.39 is 0 Å². The van der Waals surface area contributed by atoms with Crippen LogP contribution in [-0.2, 0) is 6.42 Å². The number of ether oxygens (including phenoxy) is 1. The molecule has 0 saturated heterocycles. The molecule has 0 radical (unpaired) electrons. The minimum absolute atomic E-state index is 0.293. The van der Waals surface area contributed by atoms with E-state index in [9.17, 15) is 4.39 Å². The van der Waals surface area contributed by atoms with Gasteiger partial charge in [-0.2, -0.15) is 0 Å². The summed E-state index contributed by atoms with van der Waals surface area (Å²) in [6.45, 7) is 2.48. The Morgan fingerprint density at radius 1 is 1.25 bits per heavy atom. The van der Waals surface area contributed by atoms with Crippen molar-refractivity contribution in [2.45, 2.75) is 19.4 Å². The molecule has 2 aromatic rings. The summed E-state index contributed by atoms with van der Waals surface area (Å²) in [5.74, 6) is 0.448. The van der Waals surface area contributed by atoms with Crippen LogP contribution in [0.4, 0.5) is 4.39 Å². The fourth-order valence-electron chi connectivity index (χ4n) is 2.12. The van der Waals surface area contributed by atoms with E-state index in [4.69, 9.17) is 22.1 Å². The van der Waals surface area contributed by atoms with Crippen molar-refractivity contribution in [1.29, 1.82) is 0 Å². The molecule has 0 bridgehead atoms. The highest BCUT2D eigenvalue weighted by atomic mass is 35.5. The number of hydrogen-bond donors (Lipinski definition) is 1. The number of benzene rings is 2. The van der Waals surface area contributed by atoms with Gasteiger partial charge in [0.25, 0.3) is 0 Å². The largest absolute Gasteiger partial charge is 0.494 e. The summed E-state index contributed by atoms with van der Waals surface area (Å²) in [6, 6.07) is 11.7. The molecule has 0 heterocycles. The maximum Gasteiger partial charge on any atom is 0.126 e. The van der Waals surface area contributed by atoms with Gasteiger partial charge in [0, 0.05) is 16.6 Å². The summed E-state index contributed by atoms with van der Waals surface area (Å²) in [7, 11) is 0. The van der Waals surface area contributed by atoms with Gasteiger partial charge < -0.3 is 10.5 Å². The van der Waals surface area contributed by atoms with Crippen molar-refractivity contribution < 1.29 is 9.13 Å². The Morgan fingerprint density at radius 2 is 2.00 bits per heavy atom. The SMILES string of the molecule is CCOc1ccccc1C(N)Cc1cc(Cl)ccc1F. The van der Waals surface area contributed by atoms with Gasteiger partial charge in [-0.05, 0) is 43.2 Å². The van der Waals surface area contributed by atoms with Crippen LogP contribution in [0.25, 0.3) is 0 Å². The quantitative estimate of drug-likeness (QED) is 0.900. The first kappa shape index (κ1) is 14.8. The summed E-state index contributed by atoms with van der Waals surface area (Å²) in [4.78, 5) is 0. The zero-order valence-electron chi connectivity index (χ0n) is 11.3. The molecule has 1 unspecified atom stereocenters. The molecule has 2 rings (SSSR count). The van der Waals surface area contributed by atoms with Crippen LogP contribution in [0.5, 0.6) is 5.75 Å². The van der Waals surface area contributed by atoms with Gasteiger partial charge in [0.15, 0.2) is 0 Å². The molecule has 4 heteroatoms. The number of nitrogens with two attached hydrogens (primary N) is 1. The third kappa shape index (κ3) is 3.50. The van der Waals surface area contributed by atoms with E-state index in [0.717, 1.165) is 11.3 Å². The van der Waals surface area contributed by atoms with Crippen LogP contribution < -0.4 is 10.5 Å². The Hall–Kier alpha value is -1.58. The predicted molar refractivity (Wildman–Crippen MR) is 79.7 cm³/mol. The molecule has 2 nitrogen and oxygen atoms in total. The normalized spacial score (nSPS) is 12.2. The molecular formula is C16H17ClFNO. The van der Waals surface area contributed by atoms with Crippen molar-refractivity contribution >= 4 is 11.6 Å². The standard InChI is InChI=1S/C16H17ClFNO/c1-2-20-16-6-4-3-5-13(16)15(19)10-11-9-12(17)7-8-14(11)18/h3-9,15H,2,10,19H2,1H3. The third-order valence-corrected chi connectivity index (χ3v) is 3.30. The monoisotopic (exact) mass is 293 g/mol. The number of para-hydroxylation sites is 1. The van der Waals surface area contributed by atoms with E-state index in [1.165, 1.54) is 12.1 Å². The van der Waals surface area contributed by atoms with Crippen molar-refractivity contribution in [3.63, 3.8) is 0 Å². The Balaban J connectivity index is 2.23. The molecule has 20 heavy (non-hydrogen) atoms. The Labute approximate surface area is 123 Å². The second-order valence-electron chi connectivity index (χ2n) is 4.52. The highest BCUT2D eigenvalue weighted by Gasteiger charge is 2.14. The van der Waals surface area contributed by atoms with Gasteiger partial charge in [0.2, 0.25) is 0 Å². The van der Waals surface area contributed by atoms with E-state index in [-0.39, 0.29) is 11.9 Å². The lowest BCUT2D eigenvalue weighted by Crippen LogP contribution is -2.15. The number of halogens is 2. The minimum atomic E-state index is -0.342. The van der Waals surface area contributed by atoms with Gasteiger partial charge in [-0.15, -0.1) is 0 Å². The highest BCUT2D eigenvalue weighted by Crippen LogP contribution is 2.27. The van der Waals surface area contributed by atoms with Gasteiger partial charge >= 0.3 is 0 Å². The first-order chi connectivity index (χ1) is 9.61. The maximum absolute atomic E-state index is 13.7. The molecule has 0 saturated carbocycles. The van der Waals surface area contributed by atoms with Gasteiger partial charge in [-0.3, -0.25) is 0 Å². The molecule has 106 valence electrons. The Bertz CT molecular complexity index is 588. The summed E-state index contributed by atoms with van der Waals surface area (Å²) in [5.41, 5.74) is 7.57. The van der Waals surface area contributed by atoms with Crippen LogP contribution in [0.3, 0.4) is 0 Å². The molecular weight excluding hydrogens is 277 g/mol. The fraction of sp³-hybridized carbons (Fsp3) is 0.250. The topological polar surface area (TPSA) is 35.2 Å². The molecule has 0 spiro atoms. The smallest absolute Gasteiger partial charge is 0.126 e. The van der Waals surface area contributed by atoms with Crippen LogP contribution in [-0.4, -0.2) is 6.61 Å². The zero-order valence-corrected chi connectivity index (χ0v) is 12.0. The van der Waals surface area contributed by atoms with Gasteiger partial charge in [-0.1, -0.05) is 29.8 Å². The summed E-state index contributed by atoms with van der Waals surface area (Å²) in [5, 5.41) is 0.506. The van der Waals surface area contributed by atoms with Crippen molar-refractivity contribution in [3.05, 3.63) is 64.4 Å². The summed E-state index contributed by atoms with van der Waals surface area (Å²) >= 11 is 5.90. The maximum atomic E-state index is 13.7. The van der Waals surface area contributed by atoms with Gasteiger partial charge in [0.1, 0.15) is 11.6 Å². The van der Waals surface area contributed by atoms with Crippen molar-refractivity contribution in [2.75, 3.05) is 6.61 Å². The summed E-state index contributed by atoms with van der Waals surface area (Å²) in [6.07, 6.45) is 0.372. The average molecular weight is 294 g/mol. The highest BCUT2D eigenvalue weighted by molar-refractivity contribution is 6.30. The Kier molecular flexibility index (Phi) is 4.99.